The number of hydrogen-bond donors (Lipinski definition) is 1. The summed E-state index contributed by atoms with van der Waals surface area (Å²) >= 11 is 0. The van der Waals surface area contributed by atoms with Crippen molar-refractivity contribution in [2.75, 3.05) is 49.3 Å². The van der Waals surface area contributed by atoms with Gasteiger partial charge in [-0.3, -0.25) is 5.10 Å². The average molecular weight is 919 g/mol. The smallest absolute Gasteiger partial charge is 0.264 e. The lowest BCUT2D eigenvalue weighted by Gasteiger charge is -2.27. The first-order valence-corrected chi connectivity index (χ1v) is 23.1. The highest BCUT2D eigenvalue weighted by Crippen LogP contribution is 2.34. The van der Waals surface area contributed by atoms with Gasteiger partial charge in [-0.2, -0.15) is 18.8 Å². The normalized spacial score (nSPS) is 14.1. The molecule has 2 aromatic heterocycles. The first-order chi connectivity index (χ1) is 30.9. The molecule has 0 spiro atoms. The van der Waals surface area contributed by atoms with Gasteiger partial charge in [-0.15, -0.1) is 0 Å². The van der Waals surface area contributed by atoms with E-state index in [4.69, 9.17) is 33.2 Å². The van der Waals surface area contributed by atoms with Gasteiger partial charge in [-0.1, -0.05) is 48.5 Å². The van der Waals surface area contributed by atoms with Gasteiger partial charge < -0.3 is 33.2 Å². The van der Waals surface area contributed by atoms with Gasteiger partial charge in [0.15, 0.2) is 17.7 Å². The zero-order valence-corrected chi connectivity index (χ0v) is 38.3. The Morgan fingerprint density at radius 3 is 1.33 bits per heavy atom. The summed E-state index contributed by atoms with van der Waals surface area (Å²) in [5, 5.41) is 10.6. The predicted molar refractivity (Wildman–Crippen MR) is 238 cm³/mol. The Kier molecular flexibility index (Phi) is 16.3. The Morgan fingerprint density at radius 1 is 0.562 bits per heavy atom. The van der Waals surface area contributed by atoms with Crippen LogP contribution in [0.3, 0.4) is 0 Å². The summed E-state index contributed by atoms with van der Waals surface area (Å²) in [5.74, 6) is 3.16. The van der Waals surface area contributed by atoms with Crippen molar-refractivity contribution >= 4 is 20.0 Å². The summed E-state index contributed by atoms with van der Waals surface area (Å²) in [6.45, 7) is 1.20. The SMILES string of the molecule is COc1ccc(CN(Cc2ccc(OC)cc2)S(=O)(=O)c2[nH]ncc2OC)cc1.COc1ccc(CN(Cc2ccc(OC)cc2)S(=O)(=O)c2c(OC)cnn2C2CCCCO2)cc1. The molecule has 1 unspecified atom stereocenters. The predicted octanol–water partition coefficient (Wildman–Crippen LogP) is 6.83. The number of sulfonamides is 2. The fourth-order valence-electron chi connectivity index (χ4n) is 6.88. The number of rotatable bonds is 19. The van der Waals surface area contributed by atoms with Gasteiger partial charge in [0.2, 0.25) is 10.1 Å². The molecule has 0 bridgehead atoms. The summed E-state index contributed by atoms with van der Waals surface area (Å²) < 4.78 is 96.6. The molecule has 0 radical (unpaired) electrons. The van der Waals surface area contributed by atoms with E-state index in [1.54, 1.807) is 52.7 Å². The largest absolute Gasteiger partial charge is 0.497 e. The van der Waals surface area contributed by atoms with Gasteiger partial charge in [0, 0.05) is 32.8 Å². The number of nitrogens with one attached hydrogen (secondary N) is 1. The summed E-state index contributed by atoms with van der Waals surface area (Å²) in [6.07, 6.45) is 4.88. The number of benzene rings is 4. The number of hydrogen-bond acceptors (Lipinski definition) is 13. The molecule has 1 atom stereocenters. The van der Waals surface area contributed by atoms with E-state index in [0.29, 0.717) is 36.0 Å². The second-order valence-electron chi connectivity index (χ2n) is 14.5. The highest BCUT2D eigenvalue weighted by atomic mass is 32.2. The zero-order chi connectivity index (χ0) is 45.7. The van der Waals surface area contributed by atoms with E-state index >= 15 is 0 Å². The quantitative estimate of drug-likeness (QED) is 0.0893. The molecule has 4 aromatic carbocycles. The molecule has 6 aromatic rings. The molecule has 0 saturated carbocycles. The number of aromatic amines is 1. The molecule has 1 saturated heterocycles. The highest BCUT2D eigenvalue weighted by molar-refractivity contribution is 7.89. The molecular weight excluding hydrogens is 865 g/mol. The lowest BCUT2D eigenvalue weighted by Crippen LogP contribution is -2.33. The lowest BCUT2D eigenvalue weighted by atomic mass is 10.2. The average Bonchev–Trinajstić information content (AvgIpc) is 4.02. The second kappa shape index (κ2) is 22.0. The van der Waals surface area contributed by atoms with Crippen LogP contribution in [-0.2, 0) is 51.0 Å². The van der Waals surface area contributed by atoms with Crippen molar-refractivity contribution in [1.29, 1.82) is 0 Å². The van der Waals surface area contributed by atoms with Crippen LogP contribution in [-0.4, -0.2) is 94.7 Å². The van der Waals surface area contributed by atoms with Gasteiger partial charge in [-0.25, -0.2) is 21.5 Å². The van der Waals surface area contributed by atoms with Crippen molar-refractivity contribution in [1.82, 2.24) is 28.6 Å². The van der Waals surface area contributed by atoms with E-state index in [1.165, 1.54) is 39.9 Å². The van der Waals surface area contributed by atoms with E-state index in [2.05, 4.69) is 15.3 Å². The summed E-state index contributed by atoms with van der Waals surface area (Å²) in [7, 11) is 1.26. The Bertz CT molecular complexity index is 2500. The third-order valence-electron chi connectivity index (χ3n) is 10.4. The molecule has 7 rings (SSSR count). The first kappa shape index (κ1) is 47.4. The molecule has 19 heteroatoms. The van der Waals surface area contributed by atoms with Crippen LogP contribution in [0, 0.1) is 0 Å². The minimum Gasteiger partial charge on any atom is -0.497 e. The minimum atomic E-state index is -4.04. The molecule has 1 aliphatic heterocycles. The number of methoxy groups -OCH3 is 6. The van der Waals surface area contributed by atoms with Crippen molar-refractivity contribution in [2.45, 2.75) is 61.7 Å². The van der Waals surface area contributed by atoms with Crippen LogP contribution in [0.15, 0.2) is 120 Å². The molecule has 1 aliphatic rings. The maximum Gasteiger partial charge on any atom is 0.264 e. The van der Waals surface area contributed by atoms with E-state index in [1.807, 2.05) is 72.8 Å². The summed E-state index contributed by atoms with van der Waals surface area (Å²) in [4.78, 5) is 0. The van der Waals surface area contributed by atoms with Crippen molar-refractivity contribution < 1.29 is 50.0 Å². The third kappa shape index (κ3) is 11.5. The van der Waals surface area contributed by atoms with Crippen LogP contribution in [0.2, 0.25) is 0 Å². The molecule has 0 amide bonds. The Morgan fingerprint density at radius 2 is 0.969 bits per heavy atom. The molecule has 342 valence electrons. The van der Waals surface area contributed by atoms with Crippen molar-refractivity contribution in [3.63, 3.8) is 0 Å². The van der Waals surface area contributed by atoms with Crippen LogP contribution in [0.25, 0.3) is 0 Å². The van der Waals surface area contributed by atoms with Gasteiger partial charge in [0.05, 0.1) is 55.1 Å². The zero-order valence-electron chi connectivity index (χ0n) is 36.7. The topological polar surface area (TPSA) is 186 Å². The number of nitrogens with zero attached hydrogens (tertiary/aromatic N) is 5. The molecule has 0 aliphatic carbocycles. The highest BCUT2D eigenvalue weighted by Gasteiger charge is 2.36. The molecule has 1 N–H and O–H groups in total. The van der Waals surface area contributed by atoms with Crippen LogP contribution in [0.1, 0.15) is 47.7 Å². The third-order valence-corrected chi connectivity index (χ3v) is 14.0. The maximum absolute atomic E-state index is 14.2. The number of H-pyrrole nitrogens is 1. The first-order valence-electron chi connectivity index (χ1n) is 20.3. The van der Waals surface area contributed by atoms with E-state index in [-0.39, 0.29) is 47.7 Å². The lowest BCUT2D eigenvalue weighted by molar-refractivity contribution is -0.0453. The molecule has 3 heterocycles. The summed E-state index contributed by atoms with van der Waals surface area (Å²) in [5.41, 5.74) is 3.28. The minimum absolute atomic E-state index is 0.00563. The molecule has 64 heavy (non-hydrogen) atoms. The van der Waals surface area contributed by atoms with Gasteiger partial charge in [0.1, 0.15) is 23.0 Å². The van der Waals surface area contributed by atoms with Gasteiger partial charge in [0.25, 0.3) is 20.0 Å². The number of ether oxygens (including phenoxy) is 7. The monoisotopic (exact) mass is 918 g/mol. The van der Waals surface area contributed by atoms with Crippen LogP contribution in [0.5, 0.6) is 34.5 Å². The molecule has 17 nitrogen and oxygen atoms in total. The maximum atomic E-state index is 14.2. The van der Waals surface area contributed by atoms with Crippen LogP contribution in [0.4, 0.5) is 0 Å². The number of aromatic nitrogens is 4. The fraction of sp³-hybridized carbons (Fsp3) is 0.333. The van der Waals surface area contributed by atoms with Crippen molar-refractivity contribution in [3.8, 4) is 34.5 Å². The second-order valence-corrected chi connectivity index (χ2v) is 18.2. The Labute approximate surface area is 374 Å². The molecular formula is C45H54N6O11S2. The van der Waals surface area contributed by atoms with Crippen LogP contribution >= 0.6 is 0 Å². The molecule has 1 fully saturated rings. The summed E-state index contributed by atoms with van der Waals surface area (Å²) in [6, 6.07) is 29.2. The van der Waals surface area contributed by atoms with Gasteiger partial charge >= 0.3 is 0 Å². The van der Waals surface area contributed by atoms with Crippen LogP contribution < -0.4 is 28.4 Å². The standard InChI is InChI=1S/C25H31N3O6S.C20H23N3O5S/c1-31-21-11-7-19(8-12-21)17-27(18-20-9-13-22(32-2)14-10-20)35(29,30)25-23(33-3)16-26-28(25)24-6-4-5-15-34-24;1-26-17-8-4-15(5-9-17)13-23(14-16-6-10-18(27-2)11-7-16)29(24,25)20-19(28-3)12-21-22-20/h7-14,16,24H,4-6,15,17-18H2,1-3H3;4-12H,13-14H2,1-3H3,(H,21,22). The fourth-order valence-corrected chi connectivity index (χ4v) is 10.0. The van der Waals surface area contributed by atoms with E-state index in [0.717, 1.165) is 35.1 Å². The van der Waals surface area contributed by atoms with E-state index < -0.39 is 26.3 Å². The van der Waals surface area contributed by atoms with Gasteiger partial charge in [-0.05, 0) is 90.0 Å². The Hall–Kier alpha value is -6.12. The van der Waals surface area contributed by atoms with E-state index in [9.17, 15) is 16.8 Å². The Balaban J connectivity index is 0.000000216. The van der Waals surface area contributed by atoms with Crippen molar-refractivity contribution in [3.05, 3.63) is 132 Å². The van der Waals surface area contributed by atoms with Crippen molar-refractivity contribution in [2.24, 2.45) is 0 Å².